The van der Waals surface area contributed by atoms with E-state index in [1.54, 1.807) is 12.1 Å². The average Bonchev–Trinajstić information content (AvgIpc) is 2.77. The standard InChI is InChI=1S/C11H18N4O2/c1-2-3-4-7-13-11(16)15-10(12)14-9-6-5-8-17-9/h5-6,8H,2-4,7H2,1H3,(H4,12,13,14,15,16). The molecular formula is C11H18N4O2. The molecule has 6 heteroatoms. The maximum absolute atomic E-state index is 11.3. The topological polar surface area (TPSA) is 92.7 Å². The number of unbranched alkanes of at least 4 members (excludes halogenated alkanes) is 2. The van der Waals surface area contributed by atoms with Gasteiger partial charge in [-0.3, -0.25) is 5.32 Å². The molecule has 17 heavy (non-hydrogen) atoms. The van der Waals surface area contributed by atoms with E-state index in [1.807, 2.05) is 0 Å². The van der Waals surface area contributed by atoms with Crippen LogP contribution in [0.3, 0.4) is 0 Å². The van der Waals surface area contributed by atoms with E-state index in [2.05, 4.69) is 22.5 Å². The van der Waals surface area contributed by atoms with Gasteiger partial charge in [-0.15, -0.1) is 0 Å². The lowest BCUT2D eigenvalue weighted by Gasteiger charge is -2.05. The number of nitrogens with two attached hydrogens (primary N) is 1. The summed E-state index contributed by atoms with van der Waals surface area (Å²) in [6, 6.07) is 2.99. The Balaban J connectivity index is 2.26. The minimum Gasteiger partial charge on any atom is -0.447 e. The highest BCUT2D eigenvalue weighted by Crippen LogP contribution is 2.09. The van der Waals surface area contributed by atoms with Gasteiger partial charge in [0.2, 0.25) is 11.8 Å². The molecule has 1 aromatic heterocycles. The monoisotopic (exact) mass is 238 g/mol. The summed E-state index contributed by atoms with van der Waals surface area (Å²) in [5.74, 6) is 0.363. The van der Waals surface area contributed by atoms with Crippen LogP contribution in [0.4, 0.5) is 10.7 Å². The summed E-state index contributed by atoms with van der Waals surface area (Å²) in [7, 11) is 0. The maximum atomic E-state index is 11.3. The Morgan fingerprint density at radius 1 is 1.53 bits per heavy atom. The van der Waals surface area contributed by atoms with Crippen LogP contribution < -0.4 is 16.4 Å². The van der Waals surface area contributed by atoms with Gasteiger partial charge in [-0.05, 0) is 12.5 Å². The Bertz CT molecular complexity index is 360. The van der Waals surface area contributed by atoms with Crippen LogP contribution in [0.2, 0.25) is 0 Å². The van der Waals surface area contributed by atoms with Crippen LogP contribution in [0.25, 0.3) is 0 Å². The number of hydrogen-bond acceptors (Lipinski definition) is 3. The third kappa shape index (κ3) is 5.60. The van der Waals surface area contributed by atoms with Crippen molar-refractivity contribution in [2.45, 2.75) is 26.2 Å². The van der Waals surface area contributed by atoms with Gasteiger partial charge >= 0.3 is 6.03 Å². The van der Waals surface area contributed by atoms with E-state index >= 15 is 0 Å². The minimum absolute atomic E-state index is 0.00735. The van der Waals surface area contributed by atoms with Crippen LogP contribution in [0, 0.1) is 0 Å². The van der Waals surface area contributed by atoms with Gasteiger partial charge in [0.05, 0.1) is 6.26 Å². The summed E-state index contributed by atoms with van der Waals surface area (Å²) >= 11 is 0. The maximum Gasteiger partial charge on any atom is 0.321 e. The third-order valence-corrected chi connectivity index (χ3v) is 2.04. The molecule has 0 aromatic carbocycles. The lowest BCUT2D eigenvalue weighted by atomic mass is 10.2. The smallest absolute Gasteiger partial charge is 0.321 e. The number of nitrogens with one attached hydrogen (secondary N) is 2. The Morgan fingerprint density at radius 2 is 2.35 bits per heavy atom. The van der Waals surface area contributed by atoms with Gasteiger partial charge in [-0.25, -0.2) is 4.79 Å². The number of furan rings is 1. The number of urea groups is 1. The molecule has 0 aliphatic heterocycles. The van der Waals surface area contributed by atoms with Crippen LogP contribution in [-0.2, 0) is 0 Å². The number of rotatable bonds is 5. The van der Waals surface area contributed by atoms with Gasteiger partial charge in [0.1, 0.15) is 0 Å². The highest BCUT2D eigenvalue weighted by atomic mass is 16.3. The highest BCUT2D eigenvalue weighted by molar-refractivity contribution is 5.96. The molecule has 0 unspecified atom stereocenters. The van der Waals surface area contributed by atoms with E-state index in [9.17, 15) is 4.79 Å². The van der Waals surface area contributed by atoms with Crippen molar-refractivity contribution in [2.24, 2.45) is 10.7 Å². The van der Waals surface area contributed by atoms with Gasteiger partial charge < -0.3 is 15.5 Å². The Morgan fingerprint density at radius 3 is 3.00 bits per heavy atom. The second-order valence-electron chi connectivity index (χ2n) is 3.54. The summed E-state index contributed by atoms with van der Waals surface area (Å²) in [6.07, 6.45) is 4.65. The van der Waals surface area contributed by atoms with E-state index in [0.717, 1.165) is 19.3 Å². The largest absolute Gasteiger partial charge is 0.447 e. The second-order valence-corrected chi connectivity index (χ2v) is 3.54. The quantitative estimate of drug-likeness (QED) is 0.414. The van der Waals surface area contributed by atoms with Crippen molar-refractivity contribution in [3.63, 3.8) is 0 Å². The first-order valence-electron chi connectivity index (χ1n) is 5.65. The number of carbonyl (C=O) groups is 1. The molecule has 0 aliphatic carbocycles. The first-order chi connectivity index (χ1) is 8.22. The van der Waals surface area contributed by atoms with Crippen LogP contribution >= 0.6 is 0 Å². The molecule has 2 amide bonds. The number of amides is 2. The zero-order valence-electron chi connectivity index (χ0n) is 9.90. The molecule has 0 saturated heterocycles. The molecule has 0 aliphatic rings. The number of nitrogens with zero attached hydrogens (tertiary/aromatic N) is 1. The molecule has 4 N–H and O–H groups in total. The fourth-order valence-corrected chi connectivity index (χ4v) is 1.22. The molecule has 6 nitrogen and oxygen atoms in total. The van der Waals surface area contributed by atoms with Crippen LogP contribution in [0.5, 0.6) is 0 Å². The number of carbonyl (C=O) groups excluding carboxylic acids is 1. The van der Waals surface area contributed by atoms with Crippen molar-refractivity contribution in [3.8, 4) is 0 Å². The van der Waals surface area contributed by atoms with E-state index in [4.69, 9.17) is 10.2 Å². The summed E-state index contributed by atoms with van der Waals surface area (Å²) in [5.41, 5.74) is 5.51. The molecular weight excluding hydrogens is 220 g/mol. The van der Waals surface area contributed by atoms with Crippen LogP contribution in [0.1, 0.15) is 26.2 Å². The molecule has 0 atom stereocenters. The van der Waals surface area contributed by atoms with Crippen molar-refractivity contribution in [1.29, 1.82) is 0 Å². The first kappa shape index (κ1) is 13.1. The molecule has 0 saturated carbocycles. The molecule has 0 fully saturated rings. The minimum atomic E-state index is -0.353. The Labute approximate surface area is 100 Å². The van der Waals surface area contributed by atoms with E-state index in [-0.39, 0.29) is 12.0 Å². The van der Waals surface area contributed by atoms with Crippen molar-refractivity contribution in [3.05, 3.63) is 18.4 Å². The lowest BCUT2D eigenvalue weighted by molar-refractivity contribution is 0.245. The second kappa shape index (κ2) is 7.32. The lowest BCUT2D eigenvalue weighted by Crippen LogP contribution is -2.43. The van der Waals surface area contributed by atoms with Crippen molar-refractivity contribution in [2.75, 3.05) is 6.54 Å². The van der Waals surface area contributed by atoms with Crippen LogP contribution in [-0.4, -0.2) is 18.5 Å². The number of guanidine groups is 1. The Hall–Kier alpha value is -1.98. The molecule has 0 spiro atoms. The summed E-state index contributed by atoms with van der Waals surface area (Å²) < 4.78 is 4.96. The molecule has 1 rings (SSSR count). The number of aliphatic imine (C=N–C) groups is 1. The van der Waals surface area contributed by atoms with Gasteiger partial charge in [0, 0.05) is 12.6 Å². The molecule has 1 heterocycles. The third-order valence-electron chi connectivity index (χ3n) is 2.04. The summed E-state index contributed by atoms with van der Waals surface area (Å²) in [5, 5.41) is 5.10. The fourth-order valence-electron chi connectivity index (χ4n) is 1.22. The van der Waals surface area contributed by atoms with Crippen molar-refractivity contribution >= 4 is 17.9 Å². The van der Waals surface area contributed by atoms with Gasteiger partial charge in [0.15, 0.2) is 0 Å². The van der Waals surface area contributed by atoms with E-state index in [0.29, 0.717) is 12.4 Å². The molecule has 0 bridgehead atoms. The van der Waals surface area contributed by atoms with Gasteiger partial charge in [-0.1, -0.05) is 19.8 Å². The average molecular weight is 238 g/mol. The zero-order chi connectivity index (χ0) is 12.5. The molecule has 94 valence electrons. The van der Waals surface area contributed by atoms with Crippen molar-refractivity contribution < 1.29 is 9.21 Å². The van der Waals surface area contributed by atoms with Gasteiger partial charge in [0.25, 0.3) is 0 Å². The normalized spacial score (nSPS) is 11.2. The summed E-state index contributed by atoms with van der Waals surface area (Å²) in [6.45, 7) is 2.74. The fraction of sp³-hybridized carbons (Fsp3) is 0.455. The predicted octanol–water partition coefficient (Wildman–Crippen LogP) is 1.72. The van der Waals surface area contributed by atoms with Gasteiger partial charge in [-0.2, -0.15) is 4.99 Å². The SMILES string of the molecule is CCCCCNC(=O)N/C(N)=N/c1ccco1. The first-order valence-corrected chi connectivity index (χ1v) is 5.65. The van der Waals surface area contributed by atoms with Crippen molar-refractivity contribution in [1.82, 2.24) is 10.6 Å². The number of hydrogen-bond donors (Lipinski definition) is 3. The zero-order valence-corrected chi connectivity index (χ0v) is 9.90. The van der Waals surface area contributed by atoms with E-state index in [1.165, 1.54) is 6.26 Å². The highest BCUT2D eigenvalue weighted by Gasteiger charge is 2.02. The summed E-state index contributed by atoms with van der Waals surface area (Å²) in [4.78, 5) is 15.2. The van der Waals surface area contributed by atoms with Crippen LogP contribution in [0.15, 0.2) is 27.8 Å². The molecule has 1 aromatic rings. The van der Waals surface area contributed by atoms with E-state index < -0.39 is 0 Å². The Kier molecular flexibility index (Phi) is 5.63. The predicted molar refractivity (Wildman–Crippen MR) is 66.0 cm³/mol. The molecule has 0 radical (unpaired) electrons.